The highest BCUT2D eigenvalue weighted by Crippen LogP contribution is 2.22. The maximum absolute atomic E-state index is 8.95. The van der Waals surface area contributed by atoms with E-state index in [9.17, 15) is 0 Å². The van der Waals surface area contributed by atoms with E-state index < -0.39 is 0 Å². The molecule has 0 saturated heterocycles. The van der Waals surface area contributed by atoms with Crippen molar-refractivity contribution in [3.05, 3.63) is 28.2 Å². The predicted molar refractivity (Wildman–Crippen MR) is 77.9 cm³/mol. The van der Waals surface area contributed by atoms with Crippen LogP contribution in [-0.2, 0) is 6.54 Å². The fourth-order valence-electron chi connectivity index (χ4n) is 1.93. The Morgan fingerprint density at radius 2 is 2.22 bits per heavy atom. The largest absolute Gasteiger partial charge is 0.496 e. The van der Waals surface area contributed by atoms with Gasteiger partial charge in [-0.3, -0.25) is 0 Å². The van der Waals surface area contributed by atoms with Gasteiger partial charge in [0, 0.05) is 23.2 Å². The summed E-state index contributed by atoms with van der Waals surface area (Å²) >= 11 is 3.47. The van der Waals surface area contributed by atoms with E-state index in [1.54, 1.807) is 7.11 Å². The van der Waals surface area contributed by atoms with Crippen molar-refractivity contribution in [2.45, 2.75) is 26.3 Å². The van der Waals surface area contributed by atoms with Gasteiger partial charge in [-0.1, -0.05) is 29.3 Å². The van der Waals surface area contributed by atoms with Gasteiger partial charge in [0.25, 0.3) is 0 Å². The lowest BCUT2D eigenvalue weighted by molar-refractivity contribution is 0.251. The fraction of sp³-hybridized carbons (Fsp3) is 0.571. The van der Waals surface area contributed by atoms with Crippen molar-refractivity contribution in [2.75, 3.05) is 20.3 Å². The Bertz CT molecular complexity index is 358. The summed E-state index contributed by atoms with van der Waals surface area (Å²) in [6.45, 7) is 4.12. The van der Waals surface area contributed by atoms with E-state index >= 15 is 0 Å². The van der Waals surface area contributed by atoms with Crippen LogP contribution in [-0.4, -0.2) is 25.4 Å². The first kappa shape index (κ1) is 15.5. The first-order chi connectivity index (χ1) is 8.71. The van der Waals surface area contributed by atoms with Gasteiger partial charge < -0.3 is 15.2 Å². The van der Waals surface area contributed by atoms with Gasteiger partial charge in [-0.2, -0.15) is 0 Å². The molecule has 0 amide bonds. The van der Waals surface area contributed by atoms with Gasteiger partial charge in [0.2, 0.25) is 0 Å². The Morgan fingerprint density at radius 3 is 2.83 bits per heavy atom. The number of rotatable bonds is 8. The van der Waals surface area contributed by atoms with E-state index in [-0.39, 0.29) is 6.61 Å². The lowest BCUT2D eigenvalue weighted by atomic mass is 10.0. The summed E-state index contributed by atoms with van der Waals surface area (Å²) in [4.78, 5) is 0. The lowest BCUT2D eigenvalue weighted by Gasteiger charge is -2.15. The highest BCUT2D eigenvalue weighted by Gasteiger charge is 2.07. The van der Waals surface area contributed by atoms with Crippen molar-refractivity contribution >= 4 is 15.9 Å². The summed E-state index contributed by atoms with van der Waals surface area (Å²) in [5.74, 6) is 1.44. The van der Waals surface area contributed by atoms with Gasteiger partial charge in [0.1, 0.15) is 5.75 Å². The van der Waals surface area contributed by atoms with E-state index in [1.165, 1.54) is 0 Å². The van der Waals surface area contributed by atoms with Gasteiger partial charge in [-0.25, -0.2) is 0 Å². The summed E-state index contributed by atoms with van der Waals surface area (Å²) < 4.78 is 6.39. The van der Waals surface area contributed by atoms with Crippen LogP contribution >= 0.6 is 15.9 Å². The summed E-state index contributed by atoms with van der Waals surface area (Å²) in [7, 11) is 1.69. The quantitative estimate of drug-likeness (QED) is 0.775. The maximum atomic E-state index is 8.95. The molecular weight excluding hydrogens is 294 g/mol. The van der Waals surface area contributed by atoms with Crippen molar-refractivity contribution in [2.24, 2.45) is 5.92 Å². The third kappa shape index (κ3) is 4.96. The molecule has 0 aliphatic carbocycles. The van der Waals surface area contributed by atoms with Crippen LogP contribution in [0.5, 0.6) is 5.75 Å². The van der Waals surface area contributed by atoms with Crippen molar-refractivity contribution in [3.63, 3.8) is 0 Å². The summed E-state index contributed by atoms with van der Waals surface area (Å²) in [6, 6.07) is 6.01. The topological polar surface area (TPSA) is 41.5 Å². The molecule has 1 rings (SSSR count). The van der Waals surface area contributed by atoms with Crippen molar-refractivity contribution in [1.82, 2.24) is 5.32 Å². The zero-order chi connectivity index (χ0) is 13.4. The fourth-order valence-corrected chi connectivity index (χ4v) is 2.34. The minimum atomic E-state index is 0.264. The molecule has 18 heavy (non-hydrogen) atoms. The Balaban J connectivity index is 2.49. The van der Waals surface area contributed by atoms with Gasteiger partial charge >= 0.3 is 0 Å². The number of methoxy groups -OCH3 is 1. The molecule has 1 aromatic rings. The molecule has 0 saturated carbocycles. The van der Waals surface area contributed by atoms with Crippen LogP contribution < -0.4 is 10.1 Å². The predicted octanol–water partition coefficient (Wildman–Crippen LogP) is 2.96. The number of aliphatic hydroxyl groups is 1. The first-order valence-corrected chi connectivity index (χ1v) is 7.14. The first-order valence-electron chi connectivity index (χ1n) is 6.35. The summed E-state index contributed by atoms with van der Waals surface area (Å²) in [5.41, 5.74) is 1.14. The molecule has 1 unspecified atom stereocenters. The van der Waals surface area contributed by atoms with Gasteiger partial charge in [-0.05, 0) is 37.1 Å². The standard InChI is InChI=1S/C14H22BrNO2/c1-3-11(6-7-17)9-16-10-12-8-13(15)4-5-14(12)18-2/h4-5,8,11,16-17H,3,6-7,9-10H2,1-2H3. The Kier molecular flexibility index (Phi) is 7.32. The minimum absolute atomic E-state index is 0.264. The number of ether oxygens (including phenoxy) is 1. The van der Waals surface area contributed by atoms with Gasteiger partial charge in [0.05, 0.1) is 7.11 Å². The lowest BCUT2D eigenvalue weighted by Crippen LogP contribution is -2.23. The molecule has 0 aliphatic rings. The Hall–Kier alpha value is -0.580. The highest BCUT2D eigenvalue weighted by molar-refractivity contribution is 9.10. The van der Waals surface area contributed by atoms with Crippen molar-refractivity contribution < 1.29 is 9.84 Å². The summed E-state index contributed by atoms with van der Waals surface area (Å²) in [6.07, 6.45) is 1.95. The second kappa shape index (κ2) is 8.51. The van der Waals surface area contributed by atoms with Crippen molar-refractivity contribution in [3.8, 4) is 5.75 Å². The smallest absolute Gasteiger partial charge is 0.123 e. The second-order valence-corrected chi connectivity index (χ2v) is 5.29. The van der Waals surface area contributed by atoms with Gasteiger partial charge in [0.15, 0.2) is 0 Å². The molecule has 0 heterocycles. The van der Waals surface area contributed by atoms with Crippen molar-refractivity contribution in [1.29, 1.82) is 0 Å². The van der Waals surface area contributed by atoms with Crippen LogP contribution in [0.15, 0.2) is 22.7 Å². The second-order valence-electron chi connectivity index (χ2n) is 4.37. The molecule has 0 spiro atoms. The number of nitrogens with one attached hydrogen (secondary N) is 1. The third-order valence-electron chi connectivity index (χ3n) is 3.11. The van der Waals surface area contributed by atoms with E-state index in [1.807, 2.05) is 12.1 Å². The number of aliphatic hydroxyl groups excluding tert-OH is 1. The van der Waals surface area contributed by atoms with E-state index in [4.69, 9.17) is 9.84 Å². The average molecular weight is 316 g/mol. The molecule has 2 N–H and O–H groups in total. The molecule has 0 radical (unpaired) electrons. The highest BCUT2D eigenvalue weighted by atomic mass is 79.9. The number of hydrogen-bond donors (Lipinski definition) is 2. The molecule has 3 nitrogen and oxygen atoms in total. The molecule has 1 atom stereocenters. The Morgan fingerprint density at radius 1 is 1.44 bits per heavy atom. The molecule has 4 heteroatoms. The van der Waals surface area contributed by atoms with E-state index in [2.05, 4.69) is 34.2 Å². The van der Waals surface area contributed by atoms with E-state index in [0.29, 0.717) is 5.92 Å². The van der Waals surface area contributed by atoms with Crippen LogP contribution in [0, 0.1) is 5.92 Å². The monoisotopic (exact) mass is 315 g/mol. The molecule has 102 valence electrons. The van der Waals surface area contributed by atoms with Crippen LogP contribution in [0.2, 0.25) is 0 Å². The van der Waals surface area contributed by atoms with Crippen LogP contribution in [0.3, 0.4) is 0 Å². The average Bonchev–Trinajstić information content (AvgIpc) is 2.38. The molecule has 1 aromatic carbocycles. The van der Waals surface area contributed by atoms with Crippen LogP contribution in [0.1, 0.15) is 25.3 Å². The van der Waals surface area contributed by atoms with Crippen LogP contribution in [0.25, 0.3) is 0 Å². The SMILES string of the molecule is CCC(CCO)CNCc1cc(Br)ccc1OC. The number of benzene rings is 1. The normalized spacial score (nSPS) is 12.4. The maximum Gasteiger partial charge on any atom is 0.123 e. The third-order valence-corrected chi connectivity index (χ3v) is 3.60. The van der Waals surface area contributed by atoms with Crippen LogP contribution in [0.4, 0.5) is 0 Å². The number of hydrogen-bond acceptors (Lipinski definition) is 3. The van der Waals surface area contributed by atoms with E-state index in [0.717, 1.165) is 41.7 Å². The molecule has 0 aromatic heterocycles. The minimum Gasteiger partial charge on any atom is -0.496 e. The summed E-state index contributed by atoms with van der Waals surface area (Å²) in [5, 5.41) is 12.4. The molecule has 0 aliphatic heterocycles. The zero-order valence-corrected chi connectivity index (χ0v) is 12.7. The zero-order valence-electron chi connectivity index (χ0n) is 11.1. The molecule has 0 bridgehead atoms. The Labute approximate surface area is 118 Å². The molecule has 0 fully saturated rings. The number of halogens is 1. The van der Waals surface area contributed by atoms with Gasteiger partial charge in [-0.15, -0.1) is 0 Å². The molecular formula is C14H22BrNO2.